The number of hydrogen-bond donors (Lipinski definition) is 0. The lowest BCUT2D eigenvalue weighted by atomic mass is 9.78. The van der Waals surface area contributed by atoms with E-state index < -0.39 is 0 Å². The van der Waals surface area contributed by atoms with Crippen LogP contribution in [0.3, 0.4) is 0 Å². The Morgan fingerprint density at radius 3 is 2.27 bits per heavy atom. The predicted molar refractivity (Wildman–Crippen MR) is 45.5 cm³/mol. The zero-order valence-electron chi connectivity index (χ0n) is 7.38. The quantitative estimate of drug-likeness (QED) is 0.564. The van der Waals surface area contributed by atoms with Gasteiger partial charge in [0.05, 0.1) is 12.2 Å². The van der Waals surface area contributed by atoms with Crippen LogP contribution in [0.2, 0.25) is 0 Å². The van der Waals surface area contributed by atoms with Gasteiger partial charge in [-0.15, -0.1) is 0 Å². The fourth-order valence-corrected chi connectivity index (χ4v) is 2.20. The average Bonchev–Trinajstić information content (AvgIpc) is 1.83. The smallest absolute Gasteiger partial charge is 0.0606 e. The summed E-state index contributed by atoms with van der Waals surface area (Å²) in [6.07, 6.45) is 9.47. The van der Waals surface area contributed by atoms with Crippen molar-refractivity contribution in [1.29, 1.82) is 0 Å². The van der Waals surface area contributed by atoms with E-state index in [0.29, 0.717) is 12.2 Å². The number of rotatable bonds is 1. The summed E-state index contributed by atoms with van der Waals surface area (Å²) in [5.74, 6) is 0.928. The highest BCUT2D eigenvalue weighted by Gasteiger charge is 2.30. The summed E-state index contributed by atoms with van der Waals surface area (Å²) >= 11 is 0. The van der Waals surface area contributed by atoms with Gasteiger partial charge in [0.15, 0.2) is 0 Å². The monoisotopic (exact) mass is 154 g/mol. The molecule has 0 spiro atoms. The lowest BCUT2D eigenvalue weighted by Crippen LogP contribution is -2.35. The van der Waals surface area contributed by atoms with Gasteiger partial charge in [-0.05, 0) is 44.9 Å². The van der Waals surface area contributed by atoms with Crippen LogP contribution in [0, 0.1) is 5.92 Å². The summed E-state index contributed by atoms with van der Waals surface area (Å²) in [5, 5.41) is 0. The molecule has 1 heteroatoms. The maximum atomic E-state index is 5.89. The zero-order valence-corrected chi connectivity index (χ0v) is 7.38. The normalized spacial score (nSPS) is 40.1. The van der Waals surface area contributed by atoms with Crippen LogP contribution in [0.25, 0.3) is 0 Å². The third-order valence-electron chi connectivity index (χ3n) is 3.18. The Bertz CT molecular complexity index is 129. The largest absolute Gasteiger partial charge is 0.375 e. The van der Waals surface area contributed by atoms with Crippen molar-refractivity contribution < 1.29 is 4.74 Å². The fraction of sp³-hybridized carbons (Fsp3) is 1.00. The van der Waals surface area contributed by atoms with E-state index in [1.54, 1.807) is 0 Å². The molecular weight excluding hydrogens is 136 g/mol. The fourth-order valence-electron chi connectivity index (χ4n) is 2.20. The number of ether oxygens (including phenoxy) is 1. The highest BCUT2D eigenvalue weighted by Crippen LogP contribution is 2.36. The van der Waals surface area contributed by atoms with Crippen molar-refractivity contribution in [2.75, 3.05) is 0 Å². The van der Waals surface area contributed by atoms with Crippen LogP contribution in [0.1, 0.15) is 45.4 Å². The first kappa shape index (κ1) is 7.60. The van der Waals surface area contributed by atoms with Gasteiger partial charge in [0, 0.05) is 0 Å². The van der Waals surface area contributed by atoms with Crippen LogP contribution in [0.4, 0.5) is 0 Å². The van der Waals surface area contributed by atoms with E-state index in [4.69, 9.17) is 4.74 Å². The molecule has 1 nitrogen and oxygen atoms in total. The molecule has 1 aliphatic carbocycles. The van der Waals surface area contributed by atoms with Gasteiger partial charge in [-0.25, -0.2) is 0 Å². The molecule has 2 aliphatic rings. The molecule has 0 amide bonds. The average molecular weight is 154 g/mol. The van der Waals surface area contributed by atoms with E-state index in [-0.39, 0.29) is 0 Å². The van der Waals surface area contributed by atoms with E-state index in [1.165, 1.54) is 38.5 Å². The van der Waals surface area contributed by atoms with Crippen molar-refractivity contribution in [2.24, 2.45) is 5.92 Å². The second-order valence-electron chi connectivity index (χ2n) is 4.11. The highest BCUT2D eigenvalue weighted by molar-refractivity contribution is 4.81. The molecule has 0 aromatic rings. The second-order valence-corrected chi connectivity index (χ2v) is 4.11. The Morgan fingerprint density at radius 2 is 1.73 bits per heavy atom. The molecule has 11 heavy (non-hydrogen) atoms. The molecule has 1 aliphatic heterocycles. The third kappa shape index (κ3) is 1.58. The molecule has 0 N–H and O–H groups in total. The van der Waals surface area contributed by atoms with E-state index >= 15 is 0 Å². The van der Waals surface area contributed by atoms with Crippen molar-refractivity contribution in [3.8, 4) is 0 Å². The van der Waals surface area contributed by atoms with E-state index in [2.05, 4.69) is 6.92 Å². The summed E-state index contributed by atoms with van der Waals surface area (Å²) in [5.41, 5.74) is 0. The predicted octanol–water partition coefficient (Wildman–Crippen LogP) is 2.74. The molecule has 1 saturated carbocycles. The van der Waals surface area contributed by atoms with Crippen LogP contribution in [-0.4, -0.2) is 12.2 Å². The third-order valence-corrected chi connectivity index (χ3v) is 3.18. The maximum absolute atomic E-state index is 5.89. The molecule has 1 heterocycles. The zero-order chi connectivity index (χ0) is 7.68. The van der Waals surface area contributed by atoms with Gasteiger partial charge in [0.1, 0.15) is 0 Å². The first-order valence-electron chi connectivity index (χ1n) is 5.02. The Labute approximate surface area is 69.1 Å². The van der Waals surface area contributed by atoms with Crippen molar-refractivity contribution >= 4 is 0 Å². The first-order valence-corrected chi connectivity index (χ1v) is 5.02. The Kier molecular flexibility index (Phi) is 2.17. The molecule has 1 saturated heterocycles. The van der Waals surface area contributed by atoms with Crippen LogP contribution in [-0.2, 0) is 4.74 Å². The minimum atomic E-state index is 0.536. The van der Waals surface area contributed by atoms with Gasteiger partial charge in [-0.2, -0.15) is 0 Å². The molecule has 0 aromatic heterocycles. The van der Waals surface area contributed by atoms with Gasteiger partial charge in [0.25, 0.3) is 0 Å². The van der Waals surface area contributed by atoms with Gasteiger partial charge in [0.2, 0.25) is 0 Å². The molecule has 0 aromatic carbocycles. The van der Waals surface area contributed by atoms with Crippen LogP contribution in [0.15, 0.2) is 0 Å². The second kappa shape index (κ2) is 3.14. The van der Waals surface area contributed by atoms with E-state index in [9.17, 15) is 0 Å². The maximum Gasteiger partial charge on any atom is 0.0606 e. The van der Waals surface area contributed by atoms with Crippen molar-refractivity contribution in [2.45, 2.75) is 57.7 Å². The van der Waals surface area contributed by atoms with Crippen LogP contribution < -0.4 is 0 Å². The lowest BCUT2D eigenvalue weighted by Gasteiger charge is -2.38. The Balaban J connectivity index is 1.82. The lowest BCUT2D eigenvalue weighted by molar-refractivity contribution is -0.0850. The molecule has 0 radical (unpaired) electrons. The van der Waals surface area contributed by atoms with E-state index in [0.717, 1.165) is 5.92 Å². The molecular formula is C10H18O. The van der Waals surface area contributed by atoms with Crippen molar-refractivity contribution in [3.63, 3.8) is 0 Å². The minimum Gasteiger partial charge on any atom is -0.375 e. The summed E-state index contributed by atoms with van der Waals surface area (Å²) in [6, 6.07) is 0. The SMILES string of the molecule is CC1CCCC(C2CCC2)O1. The molecule has 2 atom stereocenters. The molecule has 0 bridgehead atoms. The van der Waals surface area contributed by atoms with Crippen LogP contribution >= 0.6 is 0 Å². The summed E-state index contributed by atoms with van der Waals surface area (Å²) in [4.78, 5) is 0. The van der Waals surface area contributed by atoms with Crippen LogP contribution in [0.5, 0.6) is 0 Å². The van der Waals surface area contributed by atoms with Gasteiger partial charge in [-0.3, -0.25) is 0 Å². The highest BCUT2D eigenvalue weighted by atomic mass is 16.5. The van der Waals surface area contributed by atoms with Gasteiger partial charge in [-0.1, -0.05) is 6.42 Å². The summed E-state index contributed by atoms with van der Waals surface area (Å²) in [7, 11) is 0. The Hall–Kier alpha value is -0.0400. The Morgan fingerprint density at radius 1 is 1.00 bits per heavy atom. The van der Waals surface area contributed by atoms with Gasteiger partial charge < -0.3 is 4.74 Å². The first-order chi connectivity index (χ1) is 5.36. The molecule has 2 unspecified atom stereocenters. The number of hydrogen-bond acceptors (Lipinski definition) is 1. The van der Waals surface area contributed by atoms with Crippen molar-refractivity contribution in [3.05, 3.63) is 0 Å². The molecule has 64 valence electrons. The topological polar surface area (TPSA) is 9.23 Å². The molecule has 2 rings (SSSR count). The summed E-state index contributed by atoms with van der Waals surface area (Å²) in [6.45, 7) is 2.21. The van der Waals surface area contributed by atoms with Gasteiger partial charge >= 0.3 is 0 Å². The van der Waals surface area contributed by atoms with Crippen molar-refractivity contribution in [1.82, 2.24) is 0 Å². The standard InChI is InChI=1S/C10H18O/c1-8-4-2-7-10(11-8)9-5-3-6-9/h8-10H,2-7H2,1H3. The van der Waals surface area contributed by atoms with E-state index in [1.807, 2.05) is 0 Å². The molecule has 2 fully saturated rings. The summed E-state index contributed by atoms with van der Waals surface area (Å²) < 4.78 is 5.89. The minimum absolute atomic E-state index is 0.536.